The van der Waals surface area contributed by atoms with E-state index in [4.69, 9.17) is 17.3 Å². The van der Waals surface area contributed by atoms with Crippen LogP contribution in [0.2, 0.25) is 5.02 Å². The van der Waals surface area contributed by atoms with E-state index in [1.54, 1.807) is 12.1 Å². The lowest BCUT2D eigenvalue weighted by molar-refractivity contribution is 0.102. The smallest absolute Gasteiger partial charge is 0.259 e. The van der Waals surface area contributed by atoms with Gasteiger partial charge in [0.2, 0.25) is 5.95 Å². The van der Waals surface area contributed by atoms with Crippen LogP contribution in [-0.2, 0) is 0 Å². The Balaban J connectivity index is 2.25. The molecule has 1 aromatic carbocycles. The molecule has 1 amide bonds. The topological polar surface area (TPSA) is 80.9 Å². The first-order chi connectivity index (χ1) is 8.95. The summed E-state index contributed by atoms with van der Waals surface area (Å²) < 4.78 is 0. The van der Waals surface area contributed by atoms with Gasteiger partial charge in [-0.15, -0.1) is 0 Å². The molecule has 2 aromatic rings. The third-order valence-corrected chi connectivity index (χ3v) is 2.76. The number of aromatic nitrogens is 2. The van der Waals surface area contributed by atoms with E-state index < -0.39 is 0 Å². The van der Waals surface area contributed by atoms with Gasteiger partial charge in [-0.25, -0.2) is 9.97 Å². The van der Waals surface area contributed by atoms with Gasteiger partial charge in [0.25, 0.3) is 5.91 Å². The number of nitrogens with zero attached hydrogens (tertiary/aromatic N) is 2. The Morgan fingerprint density at radius 3 is 2.42 bits per heavy atom. The normalized spacial score (nSPS) is 10.3. The van der Waals surface area contributed by atoms with Crippen LogP contribution in [0.5, 0.6) is 0 Å². The second kappa shape index (κ2) is 5.24. The highest BCUT2D eigenvalue weighted by atomic mass is 35.5. The first kappa shape index (κ1) is 13.3. The maximum atomic E-state index is 12.1. The molecule has 6 heteroatoms. The molecule has 0 unspecified atom stereocenters. The number of hydrogen-bond donors (Lipinski definition) is 2. The summed E-state index contributed by atoms with van der Waals surface area (Å²) in [5.41, 5.74) is 7.98. The number of nitrogen functional groups attached to an aromatic ring is 1. The fourth-order valence-corrected chi connectivity index (χ4v) is 1.94. The van der Waals surface area contributed by atoms with Crippen molar-refractivity contribution in [2.24, 2.45) is 0 Å². The van der Waals surface area contributed by atoms with Crippen LogP contribution in [-0.4, -0.2) is 15.9 Å². The standard InChI is InChI=1S/C13H13ClN4O/c1-7-5-8(2)17-13(16-7)18-12(19)10-4-3-9(15)6-11(10)14/h3-6H,15H2,1-2H3,(H,16,17,18,19). The maximum absolute atomic E-state index is 12.1. The van der Waals surface area contributed by atoms with Gasteiger partial charge in [-0.1, -0.05) is 11.6 Å². The lowest BCUT2D eigenvalue weighted by Gasteiger charge is -2.07. The number of anilines is 2. The fraction of sp³-hybridized carbons (Fsp3) is 0.154. The number of rotatable bonds is 2. The summed E-state index contributed by atoms with van der Waals surface area (Å²) in [5.74, 6) is -0.106. The third kappa shape index (κ3) is 3.20. The Kier molecular flexibility index (Phi) is 3.66. The van der Waals surface area contributed by atoms with Crippen LogP contribution < -0.4 is 11.1 Å². The van der Waals surface area contributed by atoms with E-state index in [-0.39, 0.29) is 11.9 Å². The lowest BCUT2D eigenvalue weighted by atomic mass is 10.2. The van der Waals surface area contributed by atoms with Crippen molar-refractivity contribution in [3.63, 3.8) is 0 Å². The highest BCUT2D eigenvalue weighted by molar-refractivity contribution is 6.34. The zero-order valence-electron chi connectivity index (χ0n) is 10.6. The third-order valence-electron chi connectivity index (χ3n) is 2.45. The highest BCUT2D eigenvalue weighted by Gasteiger charge is 2.12. The molecule has 0 spiro atoms. The van der Waals surface area contributed by atoms with E-state index in [1.165, 1.54) is 6.07 Å². The van der Waals surface area contributed by atoms with Crippen LogP contribution in [0.25, 0.3) is 0 Å². The van der Waals surface area contributed by atoms with Crippen molar-refractivity contribution in [1.29, 1.82) is 0 Å². The summed E-state index contributed by atoms with van der Waals surface area (Å²) in [6.45, 7) is 3.67. The van der Waals surface area contributed by atoms with Gasteiger partial charge in [0.15, 0.2) is 0 Å². The van der Waals surface area contributed by atoms with Crippen LogP contribution in [0.1, 0.15) is 21.7 Å². The second-order valence-electron chi connectivity index (χ2n) is 4.17. The zero-order chi connectivity index (χ0) is 14.0. The Morgan fingerprint density at radius 1 is 1.21 bits per heavy atom. The molecule has 19 heavy (non-hydrogen) atoms. The summed E-state index contributed by atoms with van der Waals surface area (Å²) in [6, 6.07) is 6.53. The van der Waals surface area contributed by atoms with Crippen molar-refractivity contribution < 1.29 is 4.79 Å². The number of hydrogen-bond acceptors (Lipinski definition) is 4. The molecule has 0 saturated carbocycles. The van der Waals surface area contributed by atoms with Crippen LogP contribution in [0.4, 0.5) is 11.6 Å². The minimum Gasteiger partial charge on any atom is -0.399 e. The number of benzene rings is 1. The number of nitrogens with two attached hydrogens (primary N) is 1. The molecule has 0 bridgehead atoms. The summed E-state index contributed by atoms with van der Waals surface area (Å²) in [5, 5.41) is 2.91. The van der Waals surface area contributed by atoms with Gasteiger partial charge < -0.3 is 5.73 Å². The number of amides is 1. The fourth-order valence-electron chi connectivity index (χ4n) is 1.67. The zero-order valence-corrected chi connectivity index (χ0v) is 11.3. The van der Waals surface area contributed by atoms with Crippen molar-refractivity contribution in [3.8, 4) is 0 Å². The first-order valence-electron chi connectivity index (χ1n) is 5.64. The van der Waals surface area contributed by atoms with Crippen LogP contribution in [0.3, 0.4) is 0 Å². The Morgan fingerprint density at radius 2 is 1.84 bits per heavy atom. The summed E-state index contributed by atoms with van der Waals surface area (Å²) in [6.07, 6.45) is 0. The van der Waals surface area contributed by atoms with E-state index in [1.807, 2.05) is 19.9 Å². The number of aryl methyl sites for hydroxylation is 2. The monoisotopic (exact) mass is 276 g/mol. The van der Waals surface area contributed by atoms with Gasteiger partial charge in [0.1, 0.15) is 0 Å². The summed E-state index contributed by atoms with van der Waals surface area (Å²) in [4.78, 5) is 20.3. The predicted octanol–water partition coefficient (Wildman–Crippen LogP) is 2.58. The van der Waals surface area contributed by atoms with Crippen LogP contribution in [0.15, 0.2) is 24.3 Å². The van der Waals surface area contributed by atoms with Gasteiger partial charge in [-0.05, 0) is 38.1 Å². The molecule has 0 aliphatic rings. The van der Waals surface area contributed by atoms with Crippen molar-refractivity contribution in [3.05, 3.63) is 46.2 Å². The quantitative estimate of drug-likeness (QED) is 0.826. The van der Waals surface area contributed by atoms with Crippen molar-refractivity contribution in [2.75, 3.05) is 11.1 Å². The van der Waals surface area contributed by atoms with Gasteiger partial charge in [-0.3, -0.25) is 10.1 Å². The molecule has 0 radical (unpaired) electrons. The minimum atomic E-state index is -0.366. The maximum Gasteiger partial charge on any atom is 0.259 e. The van der Waals surface area contributed by atoms with Crippen LogP contribution >= 0.6 is 11.6 Å². The van der Waals surface area contributed by atoms with Crippen LogP contribution in [0, 0.1) is 13.8 Å². The Bertz CT molecular complexity index is 622. The molecule has 98 valence electrons. The number of carbonyl (C=O) groups excluding carboxylic acids is 1. The van der Waals surface area contributed by atoms with Crippen molar-refractivity contribution >= 4 is 29.1 Å². The number of carbonyl (C=O) groups is 1. The first-order valence-corrected chi connectivity index (χ1v) is 6.02. The molecule has 1 heterocycles. The largest absolute Gasteiger partial charge is 0.399 e. The van der Waals surface area contributed by atoms with E-state index in [9.17, 15) is 4.79 Å². The SMILES string of the molecule is Cc1cc(C)nc(NC(=O)c2ccc(N)cc2Cl)n1. The second-order valence-corrected chi connectivity index (χ2v) is 4.57. The molecule has 0 aliphatic carbocycles. The molecule has 0 fully saturated rings. The summed E-state index contributed by atoms with van der Waals surface area (Å²) in [7, 11) is 0. The van der Waals surface area contributed by atoms with Gasteiger partial charge in [-0.2, -0.15) is 0 Å². The molecule has 2 rings (SSSR count). The van der Waals surface area contributed by atoms with E-state index in [0.29, 0.717) is 16.3 Å². The average Bonchev–Trinajstić information content (AvgIpc) is 2.26. The number of nitrogens with one attached hydrogen (secondary N) is 1. The molecular weight excluding hydrogens is 264 g/mol. The summed E-state index contributed by atoms with van der Waals surface area (Å²) >= 11 is 5.97. The van der Waals surface area contributed by atoms with E-state index >= 15 is 0 Å². The van der Waals surface area contributed by atoms with Crippen molar-refractivity contribution in [2.45, 2.75) is 13.8 Å². The minimum absolute atomic E-state index is 0.260. The van der Waals surface area contributed by atoms with E-state index in [0.717, 1.165) is 11.4 Å². The molecule has 0 atom stereocenters. The highest BCUT2D eigenvalue weighted by Crippen LogP contribution is 2.20. The van der Waals surface area contributed by atoms with Gasteiger partial charge in [0.05, 0.1) is 10.6 Å². The predicted molar refractivity (Wildman–Crippen MR) is 75.3 cm³/mol. The average molecular weight is 277 g/mol. The molecule has 3 N–H and O–H groups in total. The van der Waals surface area contributed by atoms with Gasteiger partial charge >= 0.3 is 0 Å². The molecule has 0 aliphatic heterocycles. The molecule has 0 saturated heterocycles. The molecular formula is C13H13ClN4O. The number of halogens is 1. The Labute approximate surface area is 115 Å². The molecule has 1 aromatic heterocycles. The Hall–Kier alpha value is -2.14. The van der Waals surface area contributed by atoms with Crippen molar-refractivity contribution in [1.82, 2.24) is 9.97 Å². The molecule has 5 nitrogen and oxygen atoms in total. The van der Waals surface area contributed by atoms with Gasteiger partial charge in [0, 0.05) is 17.1 Å². The lowest BCUT2D eigenvalue weighted by Crippen LogP contribution is -2.15. The van der Waals surface area contributed by atoms with E-state index in [2.05, 4.69) is 15.3 Å².